The number of nitrogens with zero attached hydrogens (tertiary/aromatic N) is 3. The van der Waals surface area contributed by atoms with Crippen molar-refractivity contribution in [2.24, 2.45) is 0 Å². The molecule has 1 fully saturated rings. The number of nitrogens with one attached hydrogen (secondary N) is 1. The quantitative estimate of drug-likeness (QED) is 0.639. The summed E-state index contributed by atoms with van der Waals surface area (Å²) >= 11 is 5.99. The van der Waals surface area contributed by atoms with Crippen molar-refractivity contribution in [3.05, 3.63) is 18.0 Å². The highest BCUT2D eigenvalue weighted by Crippen LogP contribution is 2.28. The van der Waals surface area contributed by atoms with Crippen molar-refractivity contribution in [3.63, 3.8) is 0 Å². The summed E-state index contributed by atoms with van der Waals surface area (Å²) in [6.07, 6.45) is -4.16. The fraction of sp³-hybridized carbons (Fsp3) is 0.636. The fourth-order valence-electron chi connectivity index (χ4n) is 2.07. The van der Waals surface area contributed by atoms with E-state index < -0.39 is 45.9 Å². The highest BCUT2D eigenvalue weighted by molar-refractivity contribution is 7.88. The van der Waals surface area contributed by atoms with Gasteiger partial charge in [0.05, 0.1) is 23.2 Å². The summed E-state index contributed by atoms with van der Waals surface area (Å²) in [5.74, 6) is -0.218. The Labute approximate surface area is 134 Å². The van der Waals surface area contributed by atoms with Gasteiger partial charge in [-0.05, 0) is 0 Å². The lowest BCUT2D eigenvalue weighted by atomic mass is 10.0. The third-order valence-corrected chi connectivity index (χ3v) is 4.93. The molecule has 23 heavy (non-hydrogen) atoms. The molecule has 130 valence electrons. The van der Waals surface area contributed by atoms with Gasteiger partial charge in [0.25, 0.3) is 0 Å². The van der Waals surface area contributed by atoms with E-state index >= 15 is 0 Å². The number of hydrogen-bond acceptors (Lipinski definition) is 5. The number of piperidine rings is 1. The molecule has 1 aromatic rings. The Morgan fingerprint density at radius 2 is 1.87 bits per heavy atom. The van der Waals surface area contributed by atoms with Crippen molar-refractivity contribution in [1.29, 1.82) is 0 Å². The smallest absolute Gasteiger partial charge is 0.347 e. The highest BCUT2D eigenvalue weighted by atomic mass is 35.5. The standard InChI is InChI=1S/C11H13ClF4N4O2S/c1-23(21,22)20-4-7(12)9(8(13)5-20)19-10-17-2-6(3-18-10)11(14,15)16/h2-3,7-9H,4-5H2,1H3,(H,17,18,19)/t7?,8-,9-/m1/s1. The molecule has 0 aromatic carbocycles. The maximum Gasteiger partial charge on any atom is 0.419 e. The summed E-state index contributed by atoms with van der Waals surface area (Å²) in [4.78, 5) is 6.95. The van der Waals surface area contributed by atoms with Crippen molar-refractivity contribution >= 4 is 27.6 Å². The molecule has 2 heterocycles. The molecule has 0 amide bonds. The third kappa shape index (κ3) is 4.42. The maximum absolute atomic E-state index is 14.1. The van der Waals surface area contributed by atoms with Crippen molar-refractivity contribution in [2.45, 2.75) is 23.8 Å². The molecule has 12 heteroatoms. The van der Waals surface area contributed by atoms with Crippen LogP contribution in [0.2, 0.25) is 0 Å². The first-order chi connectivity index (χ1) is 10.5. The van der Waals surface area contributed by atoms with Crippen molar-refractivity contribution < 1.29 is 26.0 Å². The molecule has 0 spiro atoms. The van der Waals surface area contributed by atoms with E-state index in [1.165, 1.54) is 0 Å². The molecular weight excluding hydrogens is 364 g/mol. The molecule has 1 N–H and O–H groups in total. The predicted molar refractivity (Wildman–Crippen MR) is 75.4 cm³/mol. The van der Waals surface area contributed by atoms with E-state index in [4.69, 9.17) is 11.6 Å². The zero-order valence-electron chi connectivity index (χ0n) is 11.8. The topological polar surface area (TPSA) is 75.2 Å². The monoisotopic (exact) mass is 376 g/mol. The average molecular weight is 377 g/mol. The Kier molecular flexibility index (Phi) is 5.02. The second kappa shape index (κ2) is 6.36. The van der Waals surface area contributed by atoms with E-state index in [0.717, 1.165) is 10.6 Å². The van der Waals surface area contributed by atoms with Gasteiger partial charge in [-0.1, -0.05) is 0 Å². The minimum atomic E-state index is -4.57. The molecule has 1 aliphatic rings. The van der Waals surface area contributed by atoms with Gasteiger partial charge in [-0.2, -0.15) is 17.5 Å². The van der Waals surface area contributed by atoms with E-state index in [1.54, 1.807) is 0 Å². The van der Waals surface area contributed by atoms with Crippen LogP contribution >= 0.6 is 11.6 Å². The number of rotatable bonds is 3. The molecule has 0 bridgehead atoms. The van der Waals surface area contributed by atoms with Crippen LogP contribution < -0.4 is 5.32 Å². The summed E-state index contributed by atoms with van der Waals surface area (Å²) in [7, 11) is -3.59. The number of sulfonamides is 1. The fourth-order valence-corrected chi connectivity index (χ4v) is 3.38. The normalized spacial score (nSPS) is 27.0. The Bertz CT molecular complexity index is 643. The zero-order chi connectivity index (χ0) is 17.4. The highest BCUT2D eigenvalue weighted by Gasteiger charge is 2.40. The van der Waals surface area contributed by atoms with Gasteiger partial charge in [0.15, 0.2) is 0 Å². The number of aromatic nitrogens is 2. The Balaban J connectivity index is 2.08. The molecule has 3 atom stereocenters. The lowest BCUT2D eigenvalue weighted by molar-refractivity contribution is -0.138. The molecule has 0 aliphatic carbocycles. The second-order valence-corrected chi connectivity index (χ2v) is 7.62. The number of anilines is 1. The van der Waals surface area contributed by atoms with Crippen LogP contribution in [0, 0.1) is 0 Å². The van der Waals surface area contributed by atoms with E-state index in [-0.39, 0.29) is 12.5 Å². The van der Waals surface area contributed by atoms with Crippen molar-refractivity contribution in [2.75, 3.05) is 24.7 Å². The summed E-state index contributed by atoms with van der Waals surface area (Å²) in [6.45, 7) is -0.528. The third-order valence-electron chi connectivity index (χ3n) is 3.28. The van der Waals surface area contributed by atoms with E-state index in [1.807, 2.05) is 0 Å². The summed E-state index contributed by atoms with van der Waals surface area (Å²) in [6, 6.07) is -1.02. The minimum Gasteiger partial charge on any atom is -0.347 e. The molecule has 0 saturated carbocycles. The van der Waals surface area contributed by atoms with Gasteiger partial charge in [-0.25, -0.2) is 22.8 Å². The lowest BCUT2D eigenvalue weighted by Crippen LogP contribution is -2.56. The molecule has 6 nitrogen and oxygen atoms in total. The van der Waals surface area contributed by atoms with Gasteiger partial charge in [0, 0.05) is 25.5 Å². The van der Waals surface area contributed by atoms with Crippen LogP contribution in [0.4, 0.5) is 23.5 Å². The summed E-state index contributed by atoms with van der Waals surface area (Å²) in [5, 5.41) is 1.58. The van der Waals surface area contributed by atoms with Crippen LogP contribution in [0.3, 0.4) is 0 Å². The average Bonchev–Trinajstić information content (AvgIpc) is 2.41. The molecule has 1 aromatic heterocycles. The lowest BCUT2D eigenvalue weighted by Gasteiger charge is -2.36. The van der Waals surface area contributed by atoms with Crippen LogP contribution in [0.15, 0.2) is 12.4 Å². The van der Waals surface area contributed by atoms with Gasteiger partial charge in [0.1, 0.15) is 6.17 Å². The van der Waals surface area contributed by atoms with Crippen molar-refractivity contribution in [1.82, 2.24) is 14.3 Å². The molecular formula is C11H13ClF4N4O2S. The van der Waals surface area contributed by atoms with Gasteiger partial charge in [0.2, 0.25) is 16.0 Å². The van der Waals surface area contributed by atoms with Crippen LogP contribution in [0.5, 0.6) is 0 Å². The van der Waals surface area contributed by atoms with Crippen LogP contribution in [-0.4, -0.2) is 59.6 Å². The molecule has 2 rings (SSSR count). The Morgan fingerprint density at radius 3 is 2.30 bits per heavy atom. The maximum atomic E-state index is 14.1. The molecule has 1 saturated heterocycles. The zero-order valence-corrected chi connectivity index (χ0v) is 13.3. The first-order valence-corrected chi connectivity index (χ1v) is 8.66. The van der Waals surface area contributed by atoms with Crippen LogP contribution in [0.1, 0.15) is 5.56 Å². The summed E-state index contributed by atoms with van der Waals surface area (Å²) < 4.78 is 75.1. The number of alkyl halides is 5. The second-order valence-electron chi connectivity index (χ2n) is 5.08. The van der Waals surface area contributed by atoms with Crippen molar-refractivity contribution in [3.8, 4) is 0 Å². The van der Waals surface area contributed by atoms with Gasteiger partial charge < -0.3 is 5.32 Å². The number of halogens is 5. The first-order valence-electron chi connectivity index (χ1n) is 6.37. The van der Waals surface area contributed by atoms with Gasteiger partial charge >= 0.3 is 6.18 Å². The van der Waals surface area contributed by atoms with E-state index in [2.05, 4.69) is 15.3 Å². The predicted octanol–water partition coefficient (Wildman–Crippen LogP) is 1.50. The summed E-state index contributed by atoms with van der Waals surface area (Å²) in [5.41, 5.74) is -1.03. The minimum absolute atomic E-state index is 0.126. The van der Waals surface area contributed by atoms with Gasteiger partial charge in [-0.15, -0.1) is 11.6 Å². The molecule has 1 aliphatic heterocycles. The van der Waals surface area contributed by atoms with E-state index in [9.17, 15) is 26.0 Å². The molecule has 0 radical (unpaired) electrons. The Morgan fingerprint density at radius 1 is 1.30 bits per heavy atom. The Hall–Kier alpha value is -1.20. The SMILES string of the molecule is CS(=O)(=O)N1CC(Cl)[C@@H](Nc2ncc(C(F)(F)F)cn2)[C@H](F)C1. The first kappa shape index (κ1) is 18.1. The van der Waals surface area contributed by atoms with Gasteiger partial charge in [-0.3, -0.25) is 0 Å². The molecule has 1 unspecified atom stereocenters. The van der Waals surface area contributed by atoms with Crippen LogP contribution in [-0.2, 0) is 16.2 Å². The van der Waals surface area contributed by atoms with Crippen LogP contribution in [0.25, 0.3) is 0 Å². The van der Waals surface area contributed by atoms with E-state index in [0.29, 0.717) is 12.4 Å². The largest absolute Gasteiger partial charge is 0.419 e. The number of hydrogen-bond donors (Lipinski definition) is 1.